The van der Waals surface area contributed by atoms with E-state index >= 15 is 0 Å². The summed E-state index contributed by atoms with van der Waals surface area (Å²) in [5.41, 5.74) is 7.81. The minimum atomic E-state index is 0.528. The molecular formula is C17H26N6. The van der Waals surface area contributed by atoms with Crippen LogP contribution in [0, 0.1) is 11.8 Å². The van der Waals surface area contributed by atoms with E-state index in [2.05, 4.69) is 52.9 Å². The molecule has 6 heteroatoms. The number of pyridine rings is 1. The Balaban J connectivity index is 2.29. The van der Waals surface area contributed by atoms with E-state index in [1.54, 1.807) is 18.7 Å². The largest absolute Gasteiger partial charge is 0.393 e. The maximum absolute atomic E-state index is 6.34. The second kappa shape index (κ2) is 7.76. The Kier molecular flexibility index (Phi) is 5.73. The summed E-state index contributed by atoms with van der Waals surface area (Å²) in [6.45, 7) is 10.6. The second-order valence-corrected chi connectivity index (χ2v) is 6.51. The van der Waals surface area contributed by atoms with Crippen molar-refractivity contribution in [3.8, 4) is 0 Å². The molecule has 6 nitrogen and oxygen atoms in total. The fraction of sp³-hybridized carbons (Fsp3) is 0.471. The van der Waals surface area contributed by atoms with Crippen LogP contribution in [-0.2, 0) is 0 Å². The Morgan fingerprint density at radius 3 is 2.22 bits per heavy atom. The molecule has 0 aliphatic carbocycles. The van der Waals surface area contributed by atoms with Gasteiger partial charge in [-0.2, -0.15) is 0 Å². The maximum Gasteiger partial charge on any atom is 0.159 e. The molecular weight excluding hydrogens is 288 g/mol. The van der Waals surface area contributed by atoms with Crippen LogP contribution in [0.1, 0.15) is 27.7 Å². The molecule has 0 amide bonds. The van der Waals surface area contributed by atoms with Gasteiger partial charge in [0, 0.05) is 31.2 Å². The van der Waals surface area contributed by atoms with Gasteiger partial charge >= 0.3 is 0 Å². The molecule has 0 saturated carbocycles. The zero-order valence-electron chi connectivity index (χ0n) is 14.3. The molecule has 2 aromatic rings. The highest BCUT2D eigenvalue weighted by molar-refractivity contribution is 5.78. The minimum absolute atomic E-state index is 0.528. The summed E-state index contributed by atoms with van der Waals surface area (Å²) in [6.07, 6.45) is 5.01. The lowest BCUT2D eigenvalue weighted by Crippen LogP contribution is -2.32. The van der Waals surface area contributed by atoms with Crippen LogP contribution in [-0.4, -0.2) is 28.0 Å². The van der Waals surface area contributed by atoms with Gasteiger partial charge in [0.05, 0.1) is 0 Å². The summed E-state index contributed by atoms with van der Waals surface area (Å²) >= 11 is 0. The van der Waals surface area contributed by atoms with Crippen LogP contribution in [0.3, 0.4) is 0 Å². The number of aromatic nitrogens is 3. The van der Waals surface area contributed by atoms with Crippen molar-refractivity contribution in [1.29, 1.82) is 0 Å². The van der Waals surface area contributed by atoms with Crippen LogP contribution in [0.4, 0.5) is 23.0 Å². The summed E-state index contributed by atoms with van der Waals surface area (Å²) in [7, 11) is 0. The van der Waals surface area contributed by atoms with E-state index in [1.165, 1.54) is 0 Å². The third-order valence-corrected chi connectivity index (χ3v) is 3.28. The van der Waals surface area contributed by atoms with Crippen molar-refractivity contribution < 1.29 is 0 Å². The minimum Gasteiger partial charge on any atom is -0.393 e. The molecule has 0 saturated heterocycles. The third kappa shape index (κ3) is 4.81. The van der Waals surface area contributed by atoms with E-state index in [1.807, 2.05) is 12.1 Å². The molecule has 124 valence electrons. The van der Waals surface area contributed by atoms with Gasteiger partial charge in [0.25, 0.3) is 0 Å². The predicted octanol–water partition coefficient (Wildman–Crippen LogP) is 3.32. The van der Waals surface area contributed by atoms with Crippen molar-refractivity contribution in [2.45, 2.75) is 27.7 Å². The summed E-state index contributed by atoms with van der Waals surface area (Å²) < 4.78 is 0. The van der Waals surface area contributed by atoms with E-state index in [0.717, 1.165) is 24.6 Å². The Morgan fingerprint density at radius 2 is 1.65 bits per heavy atom. The molecule has 2 heterocycles. The first-order valence-electron chi connectivity index (χ1n) is 7.99. The molecule has 0 aliphatic heterocycles. The molecule has 2 aromatic heterocycles. The zero-order chi connectivity index (χ0) is 16.8. The van der Waals surface area contributed by atoms with Gasteiger partial charge in [-0.3, -0.25) is 4.98 Å². The van der Waals surface area contributed by atoms with Crippen molar-refractivity contribution in [2.75, 3.05) is 29.0 Å². The normalized spacial score (nSPS) is 11.0. The molecule has 0 aliphatic rings. The van der Waals surface area contributed by atoms with E-state index in [4.69, 9.17) is 5.73 Å². The number of nitrogens with two attached hydrogens (primary N) is 1. The molecule has 0 radical (unpaired) electrons. The summed E-state index contributed by atoms with van der Waals surface area (Å²) in [4.78, 5) is 15.0. The highest BCUT2D eigenvalue weighted by Gasteiger charge is 2.17. The predicted molar refractivity (Wildman–Crippen MR) is 95.9 cm³/mol. The van der Waals surface area contributed by atoms with Gasteiger partial charge in [0.15, 0.2) is 11.6 Å². The van der Waals surface area contributed by atoms with Crippen LogP contribution >= 0.6 is 0 Å². The first-order chi connectivity index (χ1) is 11.0. The molecule has 0 fully saturated rings. The first kappa shape index (κ1) is 17.0. The molecule has 0 unspecified atom stereocenters. The van der Waals surface area contributed by atoms with Crippen molar-refractivity contribution in [3.05, 3.63) is 30.9 Å². The van der Waals surface area contributed by atoms with E-state index < -0.39 is 0 Å². The molecule has 0 aromatic carbocycles. The van der Waals surface area contributed by atoms with Crippen LogP contribution in [0.25, 0.3) is 0 Å². The number of hydrogen-bond acceptors (Lipinski definition) is 6. The van der Waals surface area contributed by atoms with Crippen LogP contribution in [0.15, 0.2) is 30.9 Å². The highest BCUT2D eigenvalue weighted by Crippen LogP contribution is 2.29. The second-order valence-electron chi connectivity index (χ2n) is 6.51. The van der Waals surface area contributed by atoms with Crippen molar-refractivity contribution in [3.63, 3.8) is 0 Å². The zero-order valence-corrected chi connectivity index (χ0v) is 14.3. The average Bonchev–Trinajstić information content (AvgIpc) is 2.49. The quantitative estimate of drug-likeness (QED) is 0.816. The number of nitrogens with one attached hydrogen (secondary N) is 1. The number of nitrogen functional groups attached to an aromatic ring is 1. The fourth-order valence-corrected chi connectivity index (χ4v) is 2.44. The average molecular weight is 314 g/mol. The summed E-state index contributed by atoms with van der Waals surface area (Å²) in [6, 6.07) is 3.75. The summed E-state index contributed by atoms with van der Waals surface area (Å²) in [5, 5.41) is 3.23. The van der Waals surface area contributed by atoms with Gasteiger partial charge in [-0.05, 0) is 24.0 Å². The Labute approximate surface area is 138 Å². The van der Waals surface area contributed by atoms with Crippen LogP contribution < -0.4 is 16.0 Å². The van der Waals surface area contributed by atoms with Gasteiger partial charge in [0.2, 0.25) is 0 Å². The number of anilines is 4. The Bertz CT molecular complexity index is 602. The van der Waals surface area contributed by atoms with Gasteiger partial charge in [-0.25, -0.2) is 9.97 Å². The summed E-state index contributed by atoms with van der Waals surface area (Å²) in [5.74, 6) is 2.47. The van der Waals surface area contributed by atoms with Crippen LogP contribution in [0.2, 0.25) is 0 Å². The lowest BCUT2D eigenvalue weighted by Gasteiger charge is -2.28. The SMILES string of the molecule is CC(C)CN(CC(C)C)c1ncnc(Nc2ccncc2)c1N. The monoisotopic (exact) mass is 314 g/mol. The van der Waals surface area contributed by atoms with Crippen LogP contribution in [0.5, 0.6) is 0 Å². The molecule has 23 heavy (non-hydrogen) atoms. The van der Waals surface area contributed by atoms with E-state index in [-0.39, 0.29) is 0 Å². The Morgan fingerprint density at radius 1 is 1.04 bits per heavy atom. The van der Waals surface area contributed by atoms with E-state index in [0.29, 0.717) is 23.3 Å². The van der Waals surface area contributed by atoms with Crippen molar-refractivity contribution in [2.24, 2.45) is 11.8 Å². The third-order valence-electron chi connectivity index (χ3n) is 3.28. The molecule has 0 bridgehead atoms. The van der Waals surface area contributed by atoms with Crippen molar-refractivity contribution >= 4 is 23.0 Å². The molecule has 3 N–H and O–H groups in total. The number of nitrogens with zero attached hydrogens (tertiary/aromatic N) is 4. The first-order valence-corrected chi connectivity index (χ1v) is 7.99. The van der Waals surface area contributed by atoms with Gasteiger partial charge in [-0.15, -0.1) is 0 Å². The standard InChI is InChI=1S/C17H26N6/c1-12(2)9-23(10-13(3)4)17-15(18)16(20-11-21-17)22-14-5-7-19-8-6-14/h5-8,11-13H,9-10,18H2,1-4H3,(H,19,20,21,22). The topological polar surface area (TPSA) is 80.0 Å². The maximum atomic E-state index is 6.34. The van der Waals surface area contributed by atoms with Gasteiger partial charge in [0.1, 0.15) is 12.0 Å². The molecule has 0 atom stereocenters. The van der Waals surface area contributed by atoms with Gasteiger partial charge in [-0.1, -0.05) is 27.7 Å². The Hall–Kier alpha value is -2.37. The lowest BCUT2D eigenvalue weighted by atomic mass is 10.1. The molecule has 2 rings (SSSR count). The smallest absolute Gasteiger partial charge is 0.159 e. The fourth-order valence-electron chi connectivity index (χ4n) is 2.44. The van der Waals surface area contributed by atoms with Crippen molar-refractivity contribution in [1.82, 2.24) is 15.0 Å². The van der Waals surface area contributed by atoms with E-state index in [9.17, 15) is 0 Å². The number of rotatable bonds is 7. The highest BCUT2D eigenvalue weighted by atomic mass is 15.2. The molecule has 0 spiro atoms. The van der Waals surface area contributed by atoms with Gasteiger partial charge < -0.3 is 16.0 Å². The lowest BCUT2D eigenvalue weighted by molar-refractivity contribution is 0.549. The number of hydrogen-bond donors (Lipinski definition) is 2.